The number of anilines is 2. The van der Waals surface area contributed by atoms with Crippen molar-refractivity contribution < 1.29 is 27.1 Å². The molecule has 1 aromatic carbocycles. The fraction of sp³-hybridized carbons (Fsp3) is 0.368. The third kappa shape index (κ3) is 5.38. The zero-order valence-corrected chi connectivity index (χ0v) is 15.7. The number of benzene rings is 1. The van der Waals surface area contributed by atoms with Gasteiger partial charge < -0.3 is 21.1 Å². The molecule has 6 nitrogen and oxygen atoms in total. The summed E-state index contributed by atoms with van der Waals surface area (Å²) in [6.07, 6.45) is -3.09. The van der Waals surface area contributed by atoms with Crippen LogP contribution in [0.25, 0.3) is 0 Å². The molecule has 2 aromatic rings. The molecule has 164 valence electrons. The number of nitrogens with one attached hydrogen (secondary N) is 2. The van der Waals surface area contributed by atoms with Gasteiger partial charge in [0.2, 0.25) is 5.91 Å². The molecule has 1 aliphatic rings. The molecule has 1 aliphatic heterocycles. The quantitative estimate of drug-likeness (QED) is 0.601. The van der Waals surface area contributed by atoms with E-state index in [9.17, 15) is 22.4 Å². The smallest absolute Gasteiger partial charge is 0.379 e. The van der Waals surface area contributed by atoms with Crippen molar-refractivity contribution in [3.63, 3.8) is 0 Å². The first-order chi connectivity index (χ1) is 13.6. The maximum absolute atomic E-state index is 13.2. The molecular formula is C19H21ClF4N4O2. The maximum atomic E-state index is 13.2. The Morgan fingerprint density at radius 2 is 2.07 bits per heavy atom. The average molecular weight is 449 g/mol. The molecule has 0 spiro atoms. The summed E-state index contributed by atoms with van der Waals surface area (Å²) >= 11 is 6.14. The van der Waals surface area contributed by atoms with Crippen molar-refractivity contribution in [2.24, 2.45) is 5.73 Å². The molecule has 0 radical (unpaired) electrons. The van der Waals surface area contributed by atoms with Crippen LogP contribution in [0.4, 0.5) is 28.9 Å². The second-order valence-corrected chi connectivity index (χ2v) is 7.01. The van der Waals surface area contributed by atoms with Crippen LogP contribution in [0.5, 0.6) is 0 Å². The molecule has 1 aromatic heterocycles. The SMILES string of the molecule is C.N[C@@]1(C(=O)NCc2ncc(Nc3ccc(F)cc3C(F)(F)F)cc2Cl)CCOC1. The Bertz CT molecular complexity index is 918. The van der Waals surface area contributed by atoms with Crippen LogP contribution in [0, 0.1) is 5.82 Å². The first-order valence-corrected chi connectivity index (χ1v) is 8.89. The van der Waals surface area contributed by atoms with E-state index in [2.05, 4.69) is 15.6 Å². The van der Waals surface area contributed by atoms with E-state index in [0.717, 1.165) is 12.1 Å². The summed E-state index contributed by atoms with van der Waals surface area (Å²) in [7, 11) is 0. The van der Waals surface area contributed by atoms with Crippen molar-refractivity contribution in [3.8, 4) is 0 Å². The van der Waals surface area contributed by atoms with Gasteiger partial charge in [-0.25, -0.2) is 4.39 Å². The third-order valence-electron chi connectivity index (χ3n) is 4.40. The Hall–Kier alpha value is -2.43. The van der Waals surface area contributed by atoms with Gasteiger partial charge in [0.05, 0.1) is 47.0 Å². The van der Waals surface area contributed by atoms with E-state index < -0.39 is 29.0 Å². The molecule has 1 fully saturated rings. The molecule has 2 heterocycles. The van der Waals surface area contributed by atoms with Crippen molar-refractivity contribution in [1.29, 1.82) is 0 Å². The van der Waals surface area contributed by atoms with Gasteiger partial charge in [-0.15, -0.1) is 0 Å². The molecule has 0 aliphatic carbocycles. The van der Waals surface area contributed by atoms with Gasteiger partial charge >= 0.3 is 6.18 Å². The maximum Gasteiger partial charge on any atom is 0.418 e. The Labute approximate surface area is 175 Å². The lowest BCUT2D eigenvalue weighted by molar-refractivity contribution is -0.137. The fourth-order valence-electron chi connectivity index (χ4n) is 2.78. The van der Waals surface area contributed by atoms with Crippen LogP contribution in [0.3, 0.4) is 0 Å². The second-order valence-electron chi connectivity index (χ2n) is 6.61. The van der Waals surface area contributed by atoms with E-state index in [-0.39, 0.29) is 37.0 Å². The van der Waals surface area contributed by atoms with E-state index in [1.165, 1.54) is 12.3 Å². The fourth-order valence-corrected chi connectivity index (χ4v) is 3.01. The Morgan fingerprint density at radius 1 is 1.33 bits per heavy atom. The molecule has 4 N–H and O–H groups in total. The molecular weight excluding hydrogens is 428 g/mol. The third-order valence-corrected chi connectivity index (χ3v) is 4.73. The number of nitrogens with two attached hydrogens (primary N) is 1. The van der Waals surface area contributed by atoms with E-state index in [1.54, 1.807) is 0 Å². The predicted molar refractivity (Wildman–Crippen MR) is 105 cm³/mol. The van der Waals surface area contributed by atoms with Crippen LogP contribution in [-0.2, 0) is 22.3 Å². The molecule has 0 unspecified atom stereocenters. The van der Waals surface area contributed by atoms with Crippen LogP contribution in [0.1, 0.15) is 25.1 Å². The zero-order chi connectivity index (χ0) is 21.2. The van der Waals surface area contributed by atoms with Gasteiger partial charge in [-0.2, -0.15) is 13.2 Å². The van der Waals surface area contributed by atoms with Crippen molar-refractivity contribution in [1.82, 2.24) is 10.3 Å². The Kier molecular flexibility index (Phi) is 7.27. The number of carbonyl (C=O) groups is 1. The number of hydrogen-bond donors (Lipinski definition) is 3. The lowest BCUT2D eigenvalue weighted by Gasteiger charge is -2.20. The minimum Gasteiger partial charge on any atom is -0.379 e. The molecule has 1 amide bonds. The summed E-state index contributed by atoms with van der Waals surface area (Å²) in [6.45, 7) is 0.496. The van der Waals surface area contributed by atoms with Crippen molar-refractivity contribution in [3.05, 3.63) is 52.6 Å². The van der Waals surface area contributed by atoms with E-state index in [4.69, 9.17) is 22.1 Å². The van der Waals surface area contributed by atoms with E-state index in [0.29, 0.717) is 24.8 Å². The van der Waals surface area contributed by atoms with Crippen LogP contribution in [0.2, 0.25) is 5.02 Å². The van der Waals surface area contributed by atoms with Gasteiger partial charge in [0, 0.05) is 6.61 Å². The van der Waals surface area contributed by atoms with Crippen LogP contribution < -0.4 is 16.4 Å². The number of halogens is 5. The minimum absolute atomic E-state index is 0. The highest BCUT2D eigenvalue weighted by Gasteiger charge is 2.38. The number of pyridine rings is 1. The predicted octanol–water partition coefficient (Wildman–Crippen LogP) is 4.01. The first-order valence-electron chi connectivity index (χ1n) is 8.52. The van der Waals surface area contributed by atoms with Gasteiger partial charge in [-0.05, 0) is 30.7 Å². The number of carbonyl (C=O) groups excluding carboxylic acids is 1. The average Bonchev–Trinajstić information content (AvgIpc) is 3.09. The minimum atomic E-state index is -4.74. The van der Waals surface area contributed by atoms with E-state index in [1.807, 2.05) is 0 Å². The summed E-state index contributed by atoms with van der Waals surface area (Å²) in [5.74, 6) is -1.41. The molecule has 0 bridgehead atoms. The summed E-state index contributed by atoms with van der Waals surface area (Å²) in [6, 6.07) is 3.64. The summed E-state index contributed by atoms with van der Waals surface area (Å²) in [4.78, 5) is 16.3. The summed E-state index contributed by atoms with van der Waals surface area (Å²) in [5, 5.41) is 5.28. The molecule has 1 atom stereocenters. The van der Waals surface area contributed by atoms with Crippen molar-refractivity contribution in [2.45, 2.75) is 32.1 Å². The molecule has 1 saturated heterocycles. The first kappa shape index (κ1) is 23.8. The highest BCUT2D eigenvalue weighted by atomic mass is 35.5. The monoisotopic (exact) mass is 448 g/mol. The number of nitrogens with zero attached hydrogens (tertiary/aromatic N) is 1. The van der Waals surface area contributed by atoms with Crippen molar-refractivity contribution in [2.75, 3.05) is 18.5 Å². The largest absolute Gasteiger partial charge is 0.418 e. The zero-order valence-electron chi connectivity index (χ0n) is 14.9. The standard InChI is InChI=1S/C18H17ClF4N4O2.CH4/c19-13-6-11(27-14-2-1-10(20)5-12(14)18(21,22)23)7-25-15(13)8-26-16(28)17(24)3-4-29-9-17;/h1-2,5-7,27H,3-4,8-9,24H2,(H,26,28);1H4/t17-;/m0./s1. The van der Waals surface area contributed by atoms with Crippen LogP contribution in [-0.4, -0.2) is 29.6 Å². The van der Waals surface area contributed by atoms with Crippen LogP contribution in [0.15, 0.2) is 30.5 Å². The molecule has 30 heavy (non-hydrogen) atoms. The topological polar surface area (TPSA) is 89.3 Å². The number of ether oxygens (including phenoxy) is 1. The Morgan fingerprint density at radius 3 is 2.67 bits per heavy atom. The molecule has 3 rings (SSSR count). The number of hydrogen-bond acceptors (Lipinski definition) is 5. The normalized spacial score (nSPS) is 18.6. The van der Waals surface area contributed by atoms with Gasteiger partial charge in [-0.1, -0.05) is 19.0 Å². The Balaban J connectivity index is 0.00000320. The number of amides is 1. The van der Waals surface area contributed by atoms with Gasteiger partial charge in [0.25, 0.3) is 0 Å². The number of rotatable bonds is 5. The molecule has 11 heteroatoms. The molecule has 0 saturated carbocycles. The van der Waals surface area contributed by atoms with E-state index >= 15 is 0 Å². The summed E-state index contributed by atoms with van der Waals surface area (Å²) < 4.78 is 57.6. The highest BCUT2D eigenvalue weighted by Crippen LogP contribution is 2.36. The van der Waals surface area contributed by atoms with Gasteiger partial charge in [0.1, 0.15) is 11.4 Å². The van der Waals surface area contributed by atoms with Gasteiger partial charge in [0.15, 0.2) is 0 Å². The van der Waals surface area contributed by atoms with Gasteiger partial charge in [-0.3, -0.25) is 9.78 Å². The highest BCUT2D eigenvalue weighted by molar-refractivity contribution is 6.31. The number of alkyl halides is 3. The second kappa shape index (κ2) is 9.15. The number of aromatic nitrogens is 1. The lowest BCUT2D eigenvalue weighted by Crippen LogP contribution is -2.54. The lowest BCUT2D eigenvalue weighted by atomic mass is 9.99. The van der Waals surface area contributed by atoms with Crippen molar-refractivity contribution >= 4 is 28.9 Å². The summed E-state index contributed by atoms with van der Waals surface area (Å²) in [5.41, 5.74) is 3.83. The van der Waals surface area contributed by atoms with Crippen LogP contribution >= 0.6 is 11.6 Å².